The van der Waals surface area contributed by atoms with Gasteiger partial charge in [-0.05, 0) is 22.6 Å². The van der Waals surface area contributed by atoms with Crippen molar-refractivity contribution in [2.24, 2.45) is 0 Å². The van der Waals surface area contributed by atoms with Crippen molar-refractivity contribution in [3.05, 3.63) is 0 Å². The molecular weight excluding hydrogens is 221 g/mol. The predicted octanol–water partition coefficient (Wildman–Crippen LogP) is 0.648. The van der Waals surface area contributed by atoms with Crippen LogP contribution in [-0.2, 0) is 0 Å². The fraction of sp³-hybridized carbons (Fsp3) is 0.250. The standard InChI is InChI=1S/C4H4INO2/c1-2-3(5)6-4(7)8/h1,3,6H,(H,7,8). The van der Waals surface area contributed by atoms with Gasteiger partial charge in [0.15, 0.2) is 0 Å². The molecule has 0 aliphatic carbocycles. The molecule has 4 heteroatoms. The van der Waals surface area contributed by atoms with Crippen molar-refractivity contribution >= 4 is 28.7 Å². The van der Waals surface area contributed by atoms with Gasteiger partial charge in [-0.15, -0.1) is 6.42 Å². The lowest BCUT2D eigenvalue weighted by Crippen LogP contribution is -2.26. The average Bonchev–Trinajstić information content (AvgIpc) is 1.65. The number of terminal acetylenes is 1. The van der Waals surface area contributed by atoms with E-state index in [1.807, 2.05) is 0 Å². The lowest BCUT2D eigenvalue weighted by atomic mass is 10.7. The van der Waals surface area contributed by atoms with Gasteiger partial charge in [0, 0.05) is 0 Å². The van der Waals surface area contributed by atoms with E-state index in [9.17, 15) is 4.79 Å². The van der Waals surface area contributed by atoms with Crippen molar-refractivity contribution < 1.29 is 9.90 Å². The van der Waals surface area contributed by atoms with E-state index in [0.717, 1.165) is 0 Å². The number of nitrogens with one attached hydrogen (secondary N) is 1. The van der Waals surface area contributed by atoms with E-state index in [0.29, 0.717) is 0 Å². The van der Waals surface area contributed by atoms with E-state index in [1.165, 1.54) is 0 Å². The molecule has 2 N–H and O–H groups in total. The first kappa shape index (κ1) is 7.56. The molecule has 0 saturated heterocycles. The molecule has 0 spiro atoms. The third kappa shape index (κ3) is 3.74. The SMILES string of the molecule is C#CC(I)NC(=O)O. The van der Waals surface area contributed by atoms with Crippen LogP contribution in [0, 0.1) is 12.3 Å². The van der Waals surface area contributed by atoms with Gasteiger partial charge >= 0.3 is 6.09 Å². The average molecular weight is 225 g/mol. The second kappa shape index (κ2) is 3.55. The minimum absolute atomic E-state index is 0.426. The molecule has 0 aromatic rings. The Morgan fingerprint density at radius 1 is 2.00 bits per heavy atom. The summed E-state index contributed by atoms with van der Waals surface area (Å²) in [4.78, 5) is 9.76. The van der Waals surface area contributed by atoms with E-state index < -0.39 is 10.1 Å². The van der Waals surface area contributed by atoms with Gasteiger partial charge in [0.1, 0.15) is 4.05 Å². The molecule has 1 amide bonds. The Hall–Kier alpha value is -0.440. The molecule has 8 heavy (non-hydrogen) atoms. The Morgan fingerprint density at radius 3 is 2.62 bits per heavy atom. The van der Waals surface area contributed by atoms with E-state index in [1.54, 1.807) is 22.6 Å². The second-order valence-electron chi connectivity index (χ2n) is 0.979. The summed E-state index contributed by atoms with van der Waals surface area (Å²) in [5.74, 6) is 2.19. The Morgan fingerprint density at radius 2 is 2.50 bits per heavy atom. The molecule has 0 aromatic carbocycles. The maximum absolute atomic E-state index is 9.76. The number of alkyl halides is 1. The number of amides is 1. The van der Waals surface area contributed by atoms with Gasteiger partial charge < -0.3 is 5.11 Å². The molecule has 0 fully saturated rings. The molecule has 1 atom stereocenters. The van der Waals surface area contributed by atoms with Crippen LogP contribution in [-0.4, -0.2) is 15.2 Å². The number of hydrogen-bond donors (Lipinski definition) is 2. The molecule has 0 aliphatic rings. The zero-order valence-corrected chi connectivity index (χ0v) is 6.05. The maximum atomic E-state index is 9.76. The van der Waals surface area contributed by atoms with Crippen molar-refractivity contribution in [3.63, 3.8) is 0 Å². The highest BCUT2D eigenvalue weighted by Crippen LogP contribution is 1.90. The van der Waals surface area contributed by atoms with Gasteiger partial charge in [-0.2, -0.15) is 0 Å². The van der Waals surface area contributed by atoms with Gasteiger partial charge in [-0.1, -0.05) is 5.92 Å². The third-order valence-electron chi connectivity index (χ3n) is 0.397. The molecule has 0 heterocycles. The maximum Gasteiger partial charge on any atom is 0.406 e. The lowest BCUT2D eigenvalue weighted by molar-refractivity contribution is 0.195. The van der Waals surface area contributed by atoms with Gasteiger partial charge in [0.2, 0.25) is 0 Å². The number of rotatable bonds is 1. The van der Waals surface area contributed by atoms with Crippen molar-refractivity contribution in [2.45, 2.75) is 4.05 Å². The first-order chi connectivity index (χ1) is 3.66. The van der Waals surface area contributed by atoms with Gasteiger partial charge in [0.25, 0.3) is 0 Å². The van der Waals surface area contributed by atoms with Crippen molar-refractivity contribution in [3.8, 4) is 12.3 Å². The molecule has 0 aliphatic heterocycles. The first-order valence-electron chi connectivity index (χ1n) is 1.76. The van der Waals surface area contributed by atoms with E-state index in [2.05, 4.69) is 11.2 Å². The number of carboxylic acid groups (broad SMARTS) is 1. The van der Waals surface area contributed by atoms with Crippen LogP contribution >= 0.6 is 22.6 Å². The summed E-state index contributed by atoms with van der Waals surface area (Å²) in [5, 5.41) is 10.1. The normalized spacial score (nSPS) is 11.5. The summed E-state index contributed by atoms with van der Waals surface area (Å²) in [6.45, 7) is 0. The highest BCUT2D eigenvalue weighted by molar-refractivity contribution is 14.1. The summed E-state index contributed by atoms with van der Waals surface area (Å²) in [5.41, 5.74) is 0. The summed E-state index contributed by atoms with van der Waals surface area (Å²) >= 11 is 1.79. The summed E-state index contributed by atoms with van der Waals surface area (Å²) < 4.78 is -0.426. The van der Waals surface area contributed by atoms with E-state index in [4.69, 9.17) is 11.5 Å². The lowest BCUT2D eigenvalue weighted by Gasteiger charge is -1.97. The minimum Gasteiger partial charge on any atom is -0.465 e. The fourth-order valence-electron chi connectivity index (χ4n) is 0.150. The van der Waals surface area contributed by atoms with Crippen LogP contribution < -0.4 is 5.32 Å². The largest absolute Gasteiger partial charge is 0.465 e. The zero-order valence-electron chi connectivity index (χ0n) is 3.89. The zero-order chi connectivity index (χ0) is 6.57. The van der Waals surface area contributed by atoms with Crippen LogP contribution in [0.2, 0.25) is 0 Å². The van der Waals surface area contributed by atoms with Crippen LogP contribution in [0.3, 0.4) is 0 Å². The van der Waals surface area contributed by atoms with Gasteiger partial charge in [-0.3, -0.25) is 5.32 Å². The molecular formula is C4H4INO2. The van der Waals surface area contributed by atoms with Crippen LogP contribution in [0.5, 0.6) is 0 Å². The number of hydrogen-bond acceptors (Lipinski definition) is 1. The number of carbonyl (C=O) groups is 1. The fourth-order valence-corrected chi connectivity index (χ4v) is 0.416. The third-order valence-corrected chi connectivity index (χ3v) is 1.07. The summed E-state index contributed by atoms with van der Waals surface area (Å²) in [6.07, 6.45) is 3.74. The molecule has 0 saturated carbocycles. The second-order valence-corrected chi connectivity index (χ2v) is 2.22. The van der Waals surface area contributed by atoms with Crippen molar-refractivity contribution in [1.29, 1.82) is 0 Å². The van der Waals surface area contributed by atoms with Crippen LogP contribution in [0.25, 0.3) is 0 Å². The molecule has 0 rings (SSSR count). The van der Waals surface area contributed by atoms with Crippen LogP contribution in [0.1, 0.15) is 0 Å². The van der Waals surface area contributed by atoms with Gasteiger partial charge in [0.05, 0.1) is 0 Å². The quantitative estimate of drug-likeness (QED) is 0.298. The van der Waals surface area contributed by atoms with E-state index in [-0.39, 0.29) is 0 Å². The molecule has 44 valence electrons. The molecule has 0 bridgehead atoms. The monoisotopic (exact) mass is 225 g/mol. The summed E-state index contributed by atoms with van der Waals surface area (Å²) in [6, 6.07) is 0. The Balaban J connectivity index is 3.43. The molecule has 0 aromatic heterocycles. The number of halogens is 1. The molecule has 3 nitrogen and oxygen atoms in total. The highest BCUT2D eigenvalue weighted by Gasteiger charge is 1.99. The van der Waals surface area contributed by atoms with Crippen molar-refractivity contribution in [2.75, 3.05) is 0 Å². The minimum atomic E-state index is -1.10. The van der Waals surface area contributed by atoms with Crippen molar-refractivity contribution in [1.82, 2.24) is 5.32 Å². The van der Waals surface area contributed by atoms with Crippen LogP contribution in [0.4, 0.5) is 4.79 Å². The molecule has 0 radical (unpaired) electrons. The first-order valence-corrected chi connectivity index (χ1v) is 3.01. The predicted molar refractivity (Wildman–Crippen MR) is 37.8 cm³/mol. The topological polar surface area (TPSA) is 49.3 Å². The van der Waals surface area contributed by atoms with E-state index >= 15 is 0 Å². The Labute approximate surface area is 60.6 Å². The highest BCUT2D eigenvalue weighted by atomic mass is 127. The molecule has 1 unspecified atom stereocenters. The summed E-state index contributed by atoms with van der Waals surface area (Å²) in [7, 11) is 0. The van der Waals surface area contributed by atoms with Crippen LogP contribution in [0.15, 0.2) is 0 Å². The van der Waals surface area contributed by atoms with Gasteiger partial charge in [-0.25, -0.2) is 4.79 Å². The smallest absolute Gasteiger partial charge is 0.406 e. The Kier molecular flexibility index (Phi) is 3.35. The Bertz CT molecular complexity index is 128.